The maximum Gasteiger partial charge on any atom is 0.320 e. The van der Waals surface area contributed by atoms with Gasteiger partial charge in [-0.25, -0.2) is 9.37 Å². The maximum atomic E-state index is 14.2. The molecule has 0 radical (unpaired) electrons. The van der Waals surface area contributed by atoms with Crippen LogP contribution in [0, 0.1) is 5.82 Å². The maximum absolute atomic E-state index is 14.2. The minimum atomic E-state index is -1.16. The second-order valence-corrected chi connectivity index (χ2v) is 8.19. The van der Waals surface area contributed by atoms with Crippen molar-refractivity contribution in [1.29, 1.82) is 0 Å². The Kier molecular flexibility index (Phi) is 8.19. The number of carbonyl (C=O) groups excluding carboxylic acids is 1. The van der Waals surface area contributed by atoms with E-state index >= 15 is 0 Å². The van der Waals surface area contributed by atoms with Crippen molar-refractivity contribution in [1.82, 2.24) is 10.3 Å². The van der Waals surface area contributed by atoms with Gasteiger partial charge in [-0.15, -0.1) is 0 Å². The van der Waals surface area contributed by atoms with Crippen molar-refractivity contribution in [2.24, 2.45) is 5.73 Å². The minimum absolute atomic E-state index is 0.0193. The van der Waals surface area contributed by atoms with Gasteiger partial charge in [-0.05, 0) is 48.6 Å². The van der Waals surface area contributed by atoms with Crippen LogP contribution in [0.3, 0.4) is 0 Å². The smallest absolute Gasteiger partial charge is 0.320 e. The number of hydrogen-bond acceptors (Lipinski definition) is 5. The summed E-state index contributed by atoms with van der Waals surface area (Å²) in [6.07, 6.45) is 3.06. The first-order chi connectivity index (χ1) is 15.8. The number of nitrogens with zero attached hydrogens (tertiary/aromatic N) is 1. The average molecular weight is 474 g/mol. The Morgan fingerprint density at radius 2 is 1.97 bits per heavy atom. The van der Waals surface area contributed by atoms with Crippen LogP contribution in [-0.4, -0.2) is 34.1 Å². The largest absolute Gasteiger partial charge is 0.480 e. The Morgan fingerprint density at radius 1 is 1.24 bits per heavy atom. The number of oxazole rings is 1. The van der Waals surface area contributed by atoms with Crippen LogP contribution in [0.15, 0.2) is 53.1 Å². The molecular formula is C24H25ClFN3O4. The molecule has 0 aliphatic heterocycles. The number of rotatable bonds is 10. The van der Waals surface area contributed by atoms with Crippen LogP contribution in [0.25, 0.3) is 11.1 Å². The van der Waals surface area contributed by atoms with Crippen LogP contribution < -0.4 is 11.1 Å². The number of hydrogen-bond donors (Lipinski definition) is 3. The van der Waals surface area contributed by atoms with E-state index in [1.54, 1.807) is 30.3 Å². The van der Waals surface area contributed by atoms with Crippen LogP contribution in [0.2, 0.25) is 5.02 Å². The van der Waals surface area contributed by atoms with Gasteiger partial charge in [-0.3, -0.25) is 9.59 Å². The molecule has 0 bridgehead atoms. The predicted molar refractivity (Wildman–Crippen MR) is 123 cm³/mol. The summed E-state index contributed by atoms with van der Waals surface area (Å²) in [5, 5.41) is 12.4. The molecule has 0 aliphatic rings. The van der Waals surface area contributed by atoms with Crippen LogP contribution in [0.5, 0.6) is 0 Å². The van der Waals surface area contributed by atoms with Crippen molar-refractivity contribution in [3.63, 3.8) is 0 Å². The predicted octanol–water partition coefficient (Wildman–Crippen LogP) is 4.23. The first kappa shape index (κ1) is 24.4. The number of aryl methyl sites for hydroxylation is 1. The Morgan fingerprint density at radius 3 is 2.64 bits per heavy atom. The topological polar surface area (TPSA) is 118 Å². The number of aliphatic carboxylic acids is 1. The first-order valence-electron chi connectivity index (χ1n) is 10.5. The summed E-state index contributed by atoms with van der Waals surface area (Å²) in [6, 6.07) is 9.68. The van der Waals surface area contributed by atoms with Crippen molar-refractivity contribution in [3.8, 4) is 11.1 Å². The average Bonchev–Trinajstić information content (AvgIpc) is 3.25. The highest BCUT2D eigenvalue weighted by Crippen LogP contribution is 2.26. The van der Waals surface area contributed by atoms with E-state index in [1.165, 1.54) is 18.4 Å². The molecule has 7 nitrogen and oxygen atoms in total. The number of carboxylic acid groups (broad SMARTS) is 1. The molecule has 1 heterocycles. The minimum Gasteiger partial charge on any atom is -0.480 e. The molecule has 4 N–H and O–H groups in total. The second-order valence-electron chi connectivity index (χ2n) is 7.75. The zero-order valence-electron chi connectivity index (χ0n) is 18.1. The number of carbonyl (C=O) groups is 2. The monoisotopic (exact) mass is 473 g/mol. The number of amides is 1. The number of nitrogens with two attached hydrogens (primary N) is 1. The molecule has 3 aromatic rings. The fourth-order valence-electron chi connectivity index (χ4n) is 3.43. The van der Waals surface area contributed by atoms with Crippen LogP contribution >= 0.6 is 11.6 Å². The molecule has 0 saturated heterocycles. The van der Waals surface area contributed by atoms with E-state index in [0.29, 0.717) is 34.9 Å². The summed E-state index contributed by atoms with van der Waals surface area (Å²) in [5.41, 5.74) is 7.68. The van der Waals surface area contributed by atoms with Gasteiger partial charge in [0.1, 0.15) is 18.1 Å². The van der Waals surface area contributed by atoms with E-state index in [0.717, 1.165) is 12.0 Å². The van der Waals surface area contributed by atoms with Crippen LogP contribution in [0.4, 0.5) is 4.39 Å². The first-order valence-corrected chi connectivity index (χ1v) is 10.9. The van der Waals surface area contributed by atoms with Gasteiger partial charge in [-0.1, -0.05) is 42.8 Å². The summed E-state index contributed by atoms with van der Waals surface area (Å²) in [7, 11) is 0. The fraction of sp³-hybridized carbons (Fsp3) is 0.292. The van der Waals surface area contributed by atoms with Crippen molar-refractivity contribution in [2.45, 2.75) is 44.7 Å². The zero-order valence-corrected chi connectivity index (χ0v) is 18.8. The van der Waals surface area contributed by atoms with Gasteiger partial charge in [0, 0.05) is 23.0 Å². The third kappa shape index (κ3) is 6.63. The molecule has 1 unspecified atom stereocenters. The molecule has 0 spiro atoms. The standard InChI is InChI=1S/C24H25ClFN3O4/c1-2-3-22-29-21(13-33-22)23(30)28-17(12-20(27)24(31)32)10-14-4-6-15(7-5-14)18-11-16(25)8-9-19(18)26/h4-9,11,13,17,20H,2-3,10,12,27H2,1H3,(H,28,30)(H,31,32)/t17?,20-/m1/s1. The number of halogens is 2. The van der Waals surface area contributed by atoms with Crippen molar-refractivity contribution in [3.05, 3.63) is 76.7 Å². The van der Waals surface area contributed by atoms with Crippen molar-refractivity contribution in [2.75, 3.05) is 0 Å². The fourth-order valence-corrected chi connectivity index (χ4v) is 3.60. The van der Waals surface area contributed by atoms with Gasteiger partial charge in [0.15, 0.2) is 11.6 Å². The van der Waals surface area contributed by atoms with E-state index in [-0.39, 0.29) is 17.9 Å². The van der Waals surface area contributed by atoms with Crippen LogP contribution in [-0.2, 0) is 17.6 Å². The Balaban J connectivity index is 1.75. The molecule has 0 aliphatic carbocycles. The summed E-state index contributed by atoms with van der Waals surface area (Å²) in [5.74, 6) is -1.56. The Bertz CT molecular complexity index is 1120. The van der Waals surface area contributed by atoms with Gasteiger partial charge < -0.3 is 20.6 Å². The highest BCUT2D eigenvalue weighted by Gasteiger charge is 2.23. The number of benzene rings is 2. The van der Waals surface area contributed by atoms with Gasteiger partial charge in [-0.2, -0.15) is 0 Å². The molecule has 0 fully saturated rings. The van der Waals surface area contributed by atoms with Crippen molar-refractivity contribution < 1.29 is 23.5 Å². The summed E-state index contributed by atoms with van der Waals surface area (Å²) >= 11 is 5.98. The molecule has 2 atom stereocenters. The molecular weight excluding hydrogens is 449 g/mol. The molecule has 33 heavy (non-hydrogen) atoms. The lowest BCUT2D eigenvalue weighted by Crippen LogP contribution is -2.43. The summed E-state index contributed by atoms with van der Waals surface area (Å²) < 4.78 is 19.4. The summed E-state index contributed by atoms with van der Waals surface area (Å²) in [6.45, 7) is 1.97. The SMILES string of the molecule is CCCc1nc(C(=O)NC(Cc2ccc(-c3cc(Cl)ccc3F)cc2)C[C@@H](N)C(=O)O)co1. The van der Waals surface area contributed by atoms with E-state index in [2.05, 4.69) is 10.3 Å². The van der Waals surface area contributed by atoms with E-state index in [9.17, 15) is 19.1 Å². The van der Waals surface area contributed by atoms with Crippen LogP contribution in [0.1, 0.15) is 41.7 Å². The lowest BCUT2D eigenvalue weighted by Gasteiger charge is -2.20. The van der Waals surface area contributed by atoms with Gasteiger partial charge in [0.05, 0.1) is 0 Å². The number of aromatic nitrogens is 1. The van der Waals surface area contributed by atoms with Crippen molar-refractivity contribution >= 4 is 23.5 Å². The molecule has 1 amide bonds. The lowest BCUT2D eigenvalue weighted by atomic mass is 9.97. The Hall–Kier alpha value is -3.23. The zero-order chi connectivity index (χ0) is 24.0. The lowest BCUT2D eigenvalue weighted by molar-refractivity contribution is -0.138. The quantitative estimate of drug-likeness (QED) is 0.405. The molecule has 1 aromatic heterocycles. The highest BCUT2D eigenvalue weighted by atomic mass is 35.5. The second kappa shape index (κ2) is 11.1. The van der Waals surface area contributed by atoms with Gasteiger partial charge >= 0.3 is 5.97 Å². The molecule has 2 aromatic carbocycles. The van der Waals surface area contributed by atoms with Gasteiger partial charge in [0.2, 0.25) is 0 Å². The third-order valence-electron chi connectivity index (χ3n) is 5.11. The normalized spacial score (nSPS) is 12.8. The van der Waals surface area contributed by atoms with E-state index in [1.807, 2.05) is 6.92 Å². The molecule has 0 saturated carbocycles. The molecule has 174 valence electrons. The van der Waals surface area contributed by atoms with Gasteiger partial charge in [0.25, 0.3) is 5.91 Å². The van der Waals surface area contributed by atoms with E-state index in [4.69, 9.17) is 21.8 Å². The number of nitrogens with one attached hydrogen (secondary N) is 1. The Labute approximate surface area is 195 Å². The molecule has 9 heteroatoms. The summed E-state index contributed by atoms with van der Waals surface area (Å²) in [4.78, 5) is 28.1. The third-order valence-corrected chi connectivity index (χ3v) is 5.35. The number of carboxylic acids is 1. The molecule has 3 rings (SSSR count). The van der Waals surface area contributed by atoms with E-state index < -0.39 is 24.0 Å². The highest BCUT2D eigenvalue weighted by molar-refractivity contribution is 6.30.